The summed E-state index contributed by atoms with van der Waals surface area (Å²) < 4.78 is 0. The number of rotatable bonds is 5. The normalized spacial score (nSPS) is 19.2. The molecule has 2 aliphatic rings. The molecule has 3 amide bonds. The van der Waals surface area contributed by atoms with Gasteiger partial charge in [0, 0.05) is 13.1 Å². The number of nitrogens with zero attached hydrogens (tertiary/aromatic N) is 2. The van der Waals surface area contributed by atoms with E-state index in [1.165, 1.54) is 0 Å². The predicted molar refractivity (Wildman–Crippen MR) is 104 cm³/mol. The average molecular weight is 359 g/mol. The van der Waals surface area contributed by atoms with Crippen LogP contribution in [0.3, 0.4) is 0 Å². The Morgan fingerprint density at radius 2 is 1.70 bits per heavy atom. The number of hydrogen-bond donors (Lipinski definition) is 1. The van der Waals surface area contributed by atoms with Crippen molar-refractivity contribution in [3.63, 3.8) is 0 Å². The van der Waals surface area contributed by atoms with E-state index in [1.54, 1.807) is 15.9 Å². The first-order chi connectivity index (χ1) is 13.2. The minimum atomic E-state index is -0.428. The van der Waals surface area contributed by atoms with Gasteiger partial charge in [0.25, 0.3) is 5.91 Å². The van der Waals surface area contributed by atoms with Crippen LogP contribution >= 0.6 is 0 Å². The SMILES string of the molecule is C=CCN1C(=O)NC(c2ccccc2)C2=C1CN(Cc1ccccc1)C2=O. The van der Waals surface area contributed by atoms with E-state index in [2.05, 4.69) is 11.9 Å². The molecule has 4 rings (SSSR count). The highest BCUT2D eigenvalue weighted by molar-refractivity contribution is 6.01. The molecule has 0 radical (unpaired) electrons. The zero-order valence-electron chi connectivity index (χ0n) is 15.0. The van der Waals surface area contributed by atoms with E-state index in [0.717, 1.165) is 16.8 Å². The van der Waals surface area contributed by atoms with Gasteiger partial charge in [-0.15, -0.1) is 6.58 Å². The molecule has 2 aromatic rings. The number of hydrogen-bond acceptors (Lipinski definition) is 2. The van der Waals surface area contributed by atoms with E-state index in [-0.39, 0.29) is 11.9 Å². The Hall–Kier alpha value is -3.34. The standard InChI is InChI=1S/C22H21N3O2/c1-2-13-25-18-15-24(14-16-9-5-3-6-10-16)21(26)19(18)20(23-22(25)27)17-11-7-4-8-12-17/h2-12,20H,1,13-15H2,(H,23,27). The third-order valence-corrected chi connectivity index (χ3v) is 4.96. The molecule has 1 N–H and O–H groups in total. The first kappa shape index (κ1) is 17.1. The lowest BCUT2D eigenvalue weighted by Gasteiger charge is -2.33. The maximum atomic E-state index is 13.2. The molecule has 5 nitrogen and oxygen atoms in total. The van der Waals surface area contributed by atoms with E-state index < -0.39 is 6.04 Å². The molecule has 0 spiro atoms. The molecule has 5 heteroatoms. The summed E-state index contributed by atoms with van der Waals surface area (Å²) in [4.78, 5) is 29.3. The Morgan fingerprint density at radius 1 is 1.04 bits per heavy atom. The van der Waals surface area contributed by atoms with Gasteiger partial charge in [0.2, 0.25) is 0 Å². The lowest BCUT2D eigenvalue weighted by Crippen LogP contribution is -2.47. The Morgan fingerprint density at radius 3 is 2.37 bits per heavy atom. The van der Waals surface area contributed by atoms with Crippen LogP contribution in [-0.4, -0.2) is 34.8 Å². The third-order valence-electron chi connectivity index (χ3n) is 4.96. The lowest BCUT2D eigenvalue weighted by molar-refractivity contribution is -0.126. The number of carbonyl (C=O) groups excluding carboxylic acids is 2. The summed E-state index contributed by atoms with van der Waals surface area (Å²) in [5.74, 6) is -0.0308. The maximum absolute atomic E-state index is 13.2. The summed E-state index contributed by atoms with van der Waals surface area (Å²) in [6.07, 6.45) is 1.68. The lowest BCUT2D eigenvalue weighted by atomic mass is 9.95. The van der Waals surface area contributed by atoms with Crippen molar-refractivity contribution in [3.05, 3.63) is 95.7 Å². The van der Waals surface area contributed by atoms with Crippen molar-refractivity contribution < 1.29 is 9.59 Å². The van der Waals surface area contributed by atoms with E-state index in [1.807, 2.05) is 60.7 Å². The smallest absolute Gasteiger partial charge is 0.322 e. The molecule has 0 aromatic heterocycles. The molecule has 0 aliphatic carbocycles. The minimum absolute atomic E-state index is 0.0308. The van der Waals surface area contributed by atoms with Gasteiger partial charge in [-0.1, -0.05) is 66.7 Å². The van der Waals surface area contributed by atoms with Gasteiger partial charge in [-0.2, -0.15) is 0 Å². The molecule has 2 aromatic carbocycles. The van der Waals surface area contributed by atoms with Gasteiger partial charge in [-0.25, -0.2) is 4.79 Å². The van der Waals surface area contributed by atoms with Crippen LogP contribution in [0.5, 0.6) is 0 Å². The second kappa shape index (κ2) is 7.11. The highest BCUT2D eigenvalue weighted by Gasteiger charge is 2.43. The summed E-state index contributed by atoms with van der Waals surface area (Å²) in [7, 11) is 0. The fourth-order valence-corrected chi connectivity index (χ4v) is 3.70. The molecule has 0 fully saturated rings. The molecule has 1 atom stereocenters. The second-order valence-electron chi connectivity index (χ2n) is 6.70. The van der Waals surface area contributed by atoms with E-state index in [4.69, 9.17) is 0 Å². The van der Waals surface area contributed by atoms with Crippen molar-refractivity contribution in [2.24, 2.45) is 0 Å². The molecule has 2 heterocycles. The fraction of sp³-hybridized carbons (Fsp3) is 0.182. The van der Waals surface area contributed by atoms with Gasteiger partial charge in [-0.05, 0) is 11.1 Å². The molecule has 136 valence electrons. The van der Waals surface area contributed by atoms with Crippen molar-refractivity contribution in [2.75, 3.05) is 13.1 Å². The Labute approximate surface area is 158 Å². The van der Waals surface area contributed by atoms with Gasteiger partial charge >= 0.3 is 6.03 Å². The van der Waals surface area contributed by atoms with Crippen LogP contribution in [-0.2, 0) is 11.3 Å². The van der Waals surface area contributed by atoms with E-state index >= 15 is 0 Å². The first-order valence-electron chi connectivity index (χ1n) is 8.99. The van der Waals surface area contributed by atoms with E-state index in [9.17, 15) is 9.59 Å². The molecule has 27 heavy (non-hydrogen) atoms. The minimum Gasteiger partial charge on any atom is -0.329 e. The monoisotopic (exact) mass is 359 g/mol. The number of urea groups is 1. The Bertz CT molecular complexity index is 906. The molecule has 1 unspecified atom stereocenters. The molecule has 0 saturated carbocycles. The zero-order chi connectivity index (χ0) is 18.8. The summed E-state index contributed by atoms with van der Waals surface area (Å²) in [6, 6.07) is 18.9. The van der Waals surface area contributed by atoms with Crippen molar-refractivity contribution in [3.8, 4) is 0 Å². The molecule has 2 aliphatic heterocycles. The molecular formula is C22H21N3O2. The highest BCUT2D eigenvalue weighted by atomic mass is 16.2. The van der Waals surface area contributed by atoms with Crippen molar-refractivity contribution in [1.82, 2.24) is 15.1 Å². The average Bonchev–Trinajstić information content (AvgIpc) is 3.02. The highest BCUT2D eigenvalue weighted by Crippen LogP contribution is 2.36. The fourth-order valence-electron chi connectivity index (χ4n) is 3.70. The van der Waals surface area contributed by atoms with Gasteiger partial charge in [0.05, 0.1) is 23.9 Å². The quantitative estimate of drug-likeness (QED) is 0.834. The summed E-state index contributed by atoms with van der Waals surface area (Å²) in [5, 5.41) is 2.99. The van der Waals surface area contributed by atoms with Gasteiger partial charge in [-0.3, -0.25) is 9.69 Å². The van der Waals surface area contributed by atoms with E-state index in [0.29, 0.717) is 25.2 Å². The Balaban J connectivity index is 1.70. The molecular weight excluding hydrogens is 338 g/mol. The number of benzene rings is 2. The largest absolute Gasteiger partial charge is 0.329 e. The van der Waals surface area contributed by atoms with Crippen LogP contribution in [0.2, 0.25) is 0 Å². The van der Waals surface area contributed by atoms with Gasteiger partial charge in [0.15, 0.2) is 0 Å². The zero-order valence-corrected chi connectivity index (χ0v) is 15.0. The van der Waals surface area contributed by atoms with Crippen LogP contribution in [0.4, 0.5) is 4.79 Å². The number of amides is 3. The number of nitrogens with one attached hydrogen (secondary N) is 1. The Kier molecular flexibility index (Phi) is 4.50. The second-order valence-corrected chi connectivity index (χ2v) is 6.70. The van der Waals surface area contributed by atoms with Crippen LogP contribution in [0.15, 0.2) is 84.6 Å². The molecule has 0 saturated heterocycles. The van der Waals surface area contributed by atoms with Crippen molar-refractivity contribution in [2.45, 2.75) is 12.6 Å². The first-order valence-corrected chi connectivity index (χ1v) is 8.99. The topological polar surface area (TPSA) is 52.7 Å². The summed E-state index contributed by atoms with van der Waals surface area (Å²) in [6.45, 7) is 5.06. The van der Waals surface area contributed by atoms with Crippen LogP contribution in [0.1, 0.15) is 17.2 Å². The van der Waals surface area contributed by atoms with Crippen LogP contribution < -0.4 is 5.32 Å². The van der Waals surface area contributed by atoms with Crippen molar-refractivity contribution in [1.29, 1.82) is 0 Å². The molecule has 0 bridgehead atoms. The van der Waals surface area contributed by atoms with Crippen LogP contribution in [0.25, 0.3) is 0 Å². The summed E-state index contributed by atoms with van der Waals surface area (Å²) in [5.41, 5.74) is 3.40. The third kappa shape index (κ3) is 3.12. The number of carbonyl (C=O) groups is 2. The maximum Gasteiger partial charge on any atom is 0.322 e. The summed E-state index contributed by atoms with van der Waals surface area (Å²) >= 11 is 0. The van der Waals surface area contributed by atoms with Gasteiger partial charge < -0.3 is 10.2 Å². The van der Waals surface area contributed by atoms with Gasteiger partial charge in [0.1, 0.15) is 0 Å². The predicted octanol–water partition coefficient (Wildman–Crippen LogP) is 3.24. The van der Waals surface area contributed by atoms with Crippen molar-refractivity contribution >= 4 is 11.9 Å². The van der Waals surface area contributed by atoms with Crippen LogP contribution in [0, 0.1) is 0 Å².